The number of hydrogen-bond donors (Lipinski definition) is 4. The molecule has 1 aliphatic heterocycles. The molecule has 0 amide bonds. The summed E-state index contributed by atoms with van der Waals surface area (Å²) in [6.45, 7) is -6.16. The third kappa shape index (κ3) is 2.98. The fraction of sp³-hybridized carbons (Fsp3) is 0.533. The molecule has 4 atom stereocenters. The molecule has 130 valence electrons. The van der Waals surface area contributed by atoms with Crippen LogP contribution >= 0.6 is 0 Å². The molecule has 1 aliphatic rings. The predicted molar refractivity (Wildman–Crippen MR) is 86.3 cm³/mol. The van der Waals surface area contributed by atoms with E-state index >= 15 is 0 Å². The normalized spacial score (nSPS) is 31.5. The Morgan fingerprint density at radius 3 is 2.92 bits per heavy atom. The van der Waals surface area contributed by atoms with E-state index in [2.05, 4.69) is 20.3 Å². The number of nitrogens with one attached hydrogen (secondary N) is 1. The number of imidazole rings is 1. The molecule has 0 aromatic carbocycles. The number of hydrogen-bond acceptors (Lipinski definition) is 8. The van der Waals surface area contributed by atoms with E-state index in [4.69, 9.17) is 13.0 Å². The summed E-state index contributed by atoms with van der Waals surface area (Å²) in [6.07, 6.45) is -1.04. The Balaban J connectivity index is 1.85. The molecule has 3 rings (SSSR count). The van der Waals surface area contributed by atoms with E-state index in [1.807, 2.05) is 0 Å². The van der Waals surface area contributed by atoms with Gasteiger partial charge in [-0.25, -0.2) is 15.0 Å². The highest BCUT2D eigenvalue weighted by atomic mass is 16.6. The van der Waals surface area contributed by atoms with Crippen molar-refractivity contribution in [3.05, 3.63) is 24.3 Å². The van der Waals surface area contributed by atoms with Gasteiger partial charge < -0.3 is 25.4 Å². The van der Waals surface area contributed by atoms with E-state index in [-0.39, 0.29) is 23.5 Å². The summed E-state index contributed by atoms with van der Waals surface area (Å²) < 4.78 is 51.2. The highest BCUT2D eigenvalue weighted by Gasteiger charge is 2.43. The molecule has 4 N–H and O–H groups in total. The Kier molecular flexibility index (Phi) is 3.04. The van der Waals surface area contributed by atoms with Crippen molar-refractivity contribution in [1.29, 1.82) is 0 Å². The van der Waals surface area contributed by atoms with Gasteiger partial charge in [-0.15, -0.1) is 0 Å². The topological polar surface area (TPSA) is 126 Å². The molecule has 0 spiro atoms. The maximum atomic E-state index is 10.2. The maximum absolute atomic E-state index is 10.2. The van der Waals surface area contributed by atoms with Gasteiger partial charge in [0.15, 0.2) is 23.2 Å². The van der Waals surface area contributed by atoms with Crippen LogP contribution in [-0.2, 0) is 4.74 Å². The molecule has 0 bridgehead atoms. The Bertz CT molecular complexity index is 914. The van der Waals surface area contributed by atoms with Gasteiger partial charge in [0.05, 0.1) is 12.9 Å². The number of nitrogens with zero attached hydrogens (tertiary/aromatic N) is 4. The van der Waals surface area contributed by atoms with Crippen molar-refractivity contribution in [3.8, 4) is 0 Å². The lowest BCUT2D eigenvalue weighted by molar-refractivity contribution is -0.0511. The van der Waals surface area contributed by atoms with Gasteiger partial charge in [-0.3, -0.25) is 4.57 Å². The second-order valence-electron chi connectivity index (χ2n) is 5.27. The van der Waals surface area contributed by atoms with Gasteiger partial charge in [-0.05, 0) is 13.7 Å². The van der Waals surface area contributed by atoms with Crippen LogP contribution in [0.4, 0.5) is 5.82 Å². The Hall–Kier alpha value is -2.07. The molecular weight excluding hydrogens is 314 g/mol. The smallest absolute Gasteiger partial charge is 0.167 e. The maximum Gasteiger partial charge on any atom is 0.167 e. The quantitative estimate of drug-likeness (QED) is 0.552. The van der Waals surface area contributed by atoms with Crippen molar-refractivity contribution in [2.75, 3.05) is 18.5 Å². The first kappa shape index (κ1) is 10.7. The largest absolute Gasteiger partial charge is 0.394 e. The van der Waals surface area contributed by atoms with Crippen LogP contribution in [0.15, 0.2) is 24.3 Å². The number of aliphatic hydroxyl groups excluding tert-OH is 3. The molecule has 9 heteroatoms. The summed E-state index contributed by atoms with van der Waals surface area (Å²) in [6, 6.07) is 0. The van der Waals surface area contributed by atoms with Crippen molar-refractivity contribution >= 4 is 17.0 Å². The number of aromatic nitrogens is 4. The number of fused-ring (bicyclic) bond motifs is 1. The molecule has 9 nitrogen and oxygen atoms in total. The lowest BCUT2D eigenvalue weighted by Crippen LogP contribution is -2.33. The molecule has 0 saturated carbocycles. The average Bonchev–Trinajstić information content (AvgIpc) is 3.19. The third-order valence-corrected chi connectivity index (χ3v) is 3.73. The molecular formula is C15H21N5O4. The van der Waals surface area contributed by atoms with E-state index in [1.165, 1.54) is 17.2 Å². The zero-order chi connectivity index (χ0) is 22.3. The molecule has 0 aliphatic carbocycles. The fourth-order valence-electron chi connectivity index (χ4n) is 2.53. The number of aliphatic hydroxyl groups is 3. The molecule has 2 aromatic heterocycles. The highest BCUT2D eigenvalue weighted by molar-refractivity contribution is 5.82. The second kappa shape index (κ2) is 6.81. The molecule has 0 unspecified atom stereocenters. The van der Waals surface area contributed by atoms with Crippen LogP contribution in [0.1, 0.15) is 28.2 Å². The van der Waals surface area contributed by atoms with Gasteiger partial charge >= 0.3 is 0 Å². The van der Waals surface area contributed by atoms with Gasteiger partial charge in [0.25, 0.3) is 0 Å². The van der Waals surface area contributed by atoms with E-state index in [1.54, 1.807) is 0 Å². The van der Waals surface area contributed by atoms with Crippen LogP contribution in [0.5, 0.6) is 0 Å². The van der Waals surface area contributed by atoms with Crippen molar-refractivity contribution in [2.45, 2.75) is 38.2 Å². The first-order valence-electron chi connectivity index (χ1n) is 10.2. The minimum Gasteiger partial charge on any atom is -0.394 e. The third-order valence-electron chi connectivity index (χ3n) is 3.73. The molecule has 0 radical (unpaired) electrons. The van der Waals surface area contributed by atoms with Crippen LogP contribution in [-0.4, -0.2) is 66.3 Å². The van der Waals surface area contributed by atoms with Crippen LogP contribution in [0.25, 0.3) is 11.2 Å². The molecule has 1 fully saturated rings. The SMILES string of the molecule is [2H]C([2H])([2H])C(=CCNc1ncnc2c1ncn2[C@@H]1O[C@H](CO)[C@H](O)[C@@H]1O)C([2H])([2H])[2H]. The van der Waals surface area contributed by atoms with E-state index in [9.17, 15) is 15.3 Å². The summed E-state index contributed by atoms with van der Waals surface area (Å²) in [5.74, 6) is 0.206. The summed E-state index contributed by atoms with van der Waals surface area (Å²) >= 11 is 0. The van der Waals surface area contributed by atoms with Crippen LogP contribution in [0, 0.1) is 0 Å². The lowest BCUT2D eigenvalue weighted by Gasteiger charge is -2.16. The number of anilines is 1. The van der Waals surface area contributed by atoms with Crippen molar-refractivity contribution < 1.29 is 28.3 Å². The molecule has 2 aromatic rings. The van der Waals surface area contributed by atoms with Gasteiger partial charge in [-0.2, -0.15) is 0 Å². The van der Waals surface area contributed by atoms with Crippen molar-refractivity contribution in [1.82, 2.24) is 19.5 Å². The predicted octanol–water partition coefficient (Wildman–Crippen LogP) is -0.184. The van der Waals surface area contributed by atoms with Crippen molar-refractivity contribution in [2.24, 2.45) is 0 Å². The summed E-state index contributed by atoms with van der Waals surface area (Å²) in [5.41, 5.74) is -0.156. The standard InChI is InChI=1S/C15H21N5O4/c1-8(2)3-4-16-13-10-14(18-6-17-13)20(7-19-10)15-12(23)11(22)9(5-21)24-15/h3,6-7,9,11-12,15,21-23H,4-5H2,1-2H3,(H,16,17,18)/t9-,11+,12+,15-/m1/s1/i1D3,2D3. The first-order chi connectivity index (χ1) is 13.9. The zero-order valence-electron chi connectivity index (χ0n) is 18.5. The summed E-state index contributed by atoms with van der Waals surface area (Å²) in [7, 11) is 0. The molecule has 1 saturated heterocycles. The van der Waals surface area contributed by atoms with Gasteiger partial charge in [-0.1, -0.05) is 11.6 Å². The Morgan fingerprint density at radius 1 is 1.38 bits per heavy atom. The fourth-order valence-corrected chi connectivity index (χ4v) is 2.53. The zero-order valence-corrected chi connectivity index (χ0v) is 12.5. The van der Waals surface area contributed by atoms with Crippen molar-refractivity contribution in [3.63, 3.8) is 0 Å². The van der Waals surface area contributed by atoms with E-state index in [0.29, 0.717) is 0 Å². The summed E-state index contributed by atoms with van der Waals surface area (Å²) in [4.78, 5) is 12.3. The molecule has 3 heterocycles. The Labute approximate surface area is 147 Å². The minimum atomic E-state index is -2.77. The summed E-state index contributed by atoms with van der Waals surface area (Å²) in [5, 5.41) is 32.2. The highest BCUT2D eigenvalue weighted by Crippen LogP contribution is 2.31. The Morgan fingerprint density at radius 2 is 2.21 bits per heavy atom. The van der Waals surface area contributed by atoms with Crippen LogP contribution in [0.3, 0.4) is 0 Å². The number of rotatable bonds is 5. The van der Waals surface area contributed by atoms with Crippen LogP contribution < -0.4 is 5.32 Å². The first-order valence-corrected chi connectivity index (χ1v) is 7.20. The lowest BCUT2D eigenvalue weighted by atomic mass is 10.1. The molecule has 24 heavy (non-hydrogen) atoms. The monoisotopic (exact) mass is 341 g/mol. The van der Waals surface area contributed by atoms with E-state index in [0.717, 1.165) is 6.08 Å². The van der Waals surface area contributed by atoms with Gasteiger partial charge in [0.2, 0.25) is 0 Å². The van der Waals surface area contributed by atoms with Crippen LogP contribution in [0.2, 0.25) is 0 Å². The number of allylic oxidation sites excluding steroid dienone is 1. The van der Waals surface area contributed by atoms with E-state index < -0.39 is 50.4 Å². The average molecular weight is 341 g/mol. The second-order valence-corrected chi connectivity index (χ2v) is 5.27. The minimum absolute atomic E-state index is 0.140. The van der Waals surface area contributed by atoms with Gasteiger partial charge in [0.1, 0.15) is 24.6 Å². The number of ether oxygens (including phenoxy) is 1. The van der Waals surface area contributed by atoms with Gasteiger partial charge in [0, 0.05) is 14.8 Å².